The van der Waals surface area contributed by atoms with E-state index in [0.29, 0.717) is 0 Å². The van der Waals surface area contributed by atoms with Crippen molar-refractivity contribution in [2.75, 3.05) is 21.1 Å². The first-order valence-corrected chi connectivity index (χ1v) is 7.14. The Hall–Kier alpha value is -0.340. The predicted molar refractivity (Wildman–Crippen MR) is 62.5 cm³/mol. The predicted octanol–water partition coefficient (Wildman–Crippen LogP) is 2.42. The van der Waals surface area contributed by atoms with Crippen LogP contribution in [-0.2, 0) is 10.1 Å². The molecule has 0 bridgehead atoms. The third-order valence-corrected chi connectivity index (χ3v) is 3.55. The molecule has 0 spiro atoms. The van der Waals surface area contributed by atoms with Crippen LogP contribution in [0.4, 0.5) is 13.2 Å². The lowest BCUT2D eigenvalue weighted by Crippen LogP contribution is -2.45. The molecule has 1 aliphatic rings. The Morgan fingerprint density at radius 1 is 1.06 bits per heavy atom. The third kappa shape index (κ3) is 6.55. The summed E-state index contributed by atoms with van der Waals surface area (Å²) >= 11 is 0. The second kappa shape index (κ2) is 6.21. The molecule has 0 aromatic heterocycles. The van der Waals surface area contributed by atoms with Gasteiger partial charge in [0.1, 0.15) is 0 Å². The Labute approximate surface area is 106 Å². The molecule has 1 fully saturated rings. The van der Waals surface area contributed by atoms with Gasteiger partial charge in [0, 0.05) is 0 Å². The van der Waals surface area contributed by atoms with Crippen LogP contribution in [-0.4, -0.2) is 50.1 Å². The number of halogens is 3. The highest BCUT2D eigenvalue weighted by Gasteiger charge is 2.44. The average Bonchev–Trinajstić information content (AvgIpc) is 2.15. The lowest BCUT2D eigenvalue weighted by atomic mass is 9.94. The van der Waals surface area contributed by atoms with Crippen LogP contribution in [0.3, 0.4) is 0 Å². The van der Waals surface area contributed by atoms with Crippen molar-refractivity contribution in [3.8, 4) is 0 Å². The first-order chi connectivity index (χ1) is 7.86. The fourth-order valence-electron chi connectivity index (χ4n) is 1.86. The fraction of sp³-hybridized carbons (Fsp3) is 1.00. The maximum Gasteiger partial charge on any atom is 0.522 e. The molecule has 0 radical (unpaired) electrons. The Balaban J connectivity index is 0.000000331. The van der Waals surface area contributed by atoms with Gasteiger partial charge in [-0.3, -0.25) is 4.55 Å². The second-order valence-corrected chi connectivity index (χ2v) is 6.74. The number of alkyl halides is 3. The minimum atomic E-state index is -5.84. The van der Waals surface area contributed by atoms with Crippen molar-refractivity contribution in [3.05, 3.63) is 0 Å². The molecule has 0 amide bonds. The summed E-state index contributed by atoms with van der Waals surface area (Å²) in [6.07, 6.45) is 7.28. The molecule has 1 saturated carbocycles. The Morgan fingerprint density at radius 3 is 1.56 bits per heavy atom. The largest absolute Gasteiger partial charge is 0.522 e. The molecule has 8 heteroatoms. The van der Waals surface area contributed by atoms with Gasteiger partial charge in [0.05, 0.1) is 27.2 Å². The molecule has 0 aromatic rings. The molecule has 0 aliphatic heterocycles. The first kappa shape index (κ1) is 17.7. The molecule has 0 unspecified atom stereocenters. The second-order valence-electron chi connectivity index (χ2n) is 5.33. The fourth-order valence-corrected chi connectivity index (χ4v) is 1.86. The molecular weight excluding hydrogens is 271 g/mol. The molecule has 18 heavy (non-hydrogen) atoms. The number of nitrogens with zero attached hydrogens (tertiary/aromatic N) is 1. The zero-order valence-corrected chi connectivity index (χ0v) is 11.7. The molecule has 0 aromatic carbocycles. The van der Waals surface area contributed by atoms with Crippen LogP contribution >= 0.6 is 0 Å². The molecule has 1 aliphatic carbocycles. The maximum atomic E-state index is 10.7. The van der Waals surface area contributed by atoms with Crippen LogP contribution in [0.1, 0.15) is 32.1 Å². The quantitative estimate of drug-likeness (QED) is 0.459. The average molecular weight is 292 g/mol. The summed E-state index contributed by atoms with van der Waals surface area (Å²) in [6.45, 7) is 0. The normalized spacial score (nSPS) is 19.1. The van der Waals surface area contributed by atoms with Crippen molar-refractivity contribution in [2.24, 2.45) is 0 Å². The van der Waals surface area contributed by atoms with E-state index in [1.807, 2.05) is 0 Å². The van der Waals surface area contributed by atoms with Crippen molar-refractivity contribution in [2.45, 2.75) is 43.7 Å². The highest BCUT2D eigenvalue weighted by atomic mass is 32.2. The number of hydrogen-bond acceptors (Lipinski definition) is 2. The van der Waals surface area contributed by atoms with Gasteiger partial charge in [-0.15, -0.1) is 0 Å². The Bertz CT molecular complexity index is 340. The van der Waals surface area contributed by atoms with Crippen LogP contribution < -0.4 is 0 Å². The van der Waals surface area contributed by atoms with Gasteiger partial charge in [-0.05, 0) is 25.7 Å². The van der Waals surface area contributed by atoms with E-state index in [-0.39, 0.29) is 0 Å². The van der Waals surface area contributed by atoms with Gasteiger partial charge in [-0.1, -0.05) is 6.42 Å². The van der Waals surface area contributed by atoms with E-state index < -0.39 is 15.6 Å². The van der Waals surface area contributed by atoms with Gasteiger partial charge in [0.2, 0.25) is 0 Å². The van der Waals surface area contributed by atoms with Gasteiger partial charge in [-0.2, -0.15) is 21.6 Å². The van der Waals surface area contributed by atoms with Crippen LogP contribution in [0.15, 0.2) is 0 Å². The molecule has 1 N–H and O–H groups in total. The number of rotatable bonds is 1. The van der Waals surface area contributed by atoms with Crippen molar-refractivity contribution in [3.63, 3.8) is 0 Å². The minimum absolute atomic E-state index is 0.939. The van der Waals surface area contributed by atoms with Gasteiger partial charge in [0.25, 0.3) is 0 Å². The van der Waals surface area contributed by atoms with Crippen LogP contribution in [0, 0.1) is 0 Å². The van der Waals surface area contributed by atoms with Gasteiger partial charge < -0.3 is 4.48 Å². The summed E-state index contributed by atoms with van der Waals surface area (Å²) in [5.41, 5.74) is -5.53. The maximum absolute atomic E-state index is 10.7. The molecule has 110 valence electrons. The SMILES string of the molecule is C[N+](C)(C)C1CCCCC1.O=S(=O)(O)C(F)(F)F. The molecule has 4 nitrogen and oxygen atoms in total. The van der Waals surface area contributed by atoms with Gasteiger partial charge >= 0.3 is 15.6 Å². The van der Waals surface area contributed by atoms with Gasteiger partial charge in [-0.25, -0.2) is 0 Å². The smallest absolute Gasteiger partial charge is 0.328 e. The lowest BCUT2D eigenvalue weighted by Gasteiger charge is -2.36. The van der Waals surface area contributed by atoms with Crippen LogP contribution in [0.5, 0.6) is 0 Å². The molecule has 0 saturated heterocycles. The minimum Gasteiger partial charge on any atom is -0.328 e. The Morgan fingerprint density at radius 2 is 1.39 bits per heavy atom. The van der Waals surface area contributed by atoms with Crippen LogP contribution in [0.2, 0.25) is 0 Å². The summed E-state index contributed by atoms with van der Waals surface area (Å²) in [5.74, 6) is 0. The monoisotopic (exact) mass is 292 g/mol. The Kier molecular flexibility index (Phi) is 6.09. The van der Waals surface area contributed by atoms with E-state index in [1.165, 1.54) is 36.6 Å². The van der Waals surface area contributed by atoms with Crippen molar-refractivity contribution in [1.82, 2.24) is 0 Å². The third-order valence-electron chi connectivity index (χ3n) is 2.96. The van der Waals surface area contributed by atoms with Gasteiger partial charge in [0.15, 0.2) is 0 Å². The van der Waals surface area contributed by atoms with E-state index in [1.54, 1.807) is 0 Å². The summed E-state index contributed by atoms with van der Waals surface area (Å²) < 4.78 is 58.7. The van der Waals surface area contributed by atoms with Crippen molar-refractivity contribution >= 4 is 10.1 Å². The summed E-state index contributed by atoms with van der Waals surface area (Å²) in [4.78, 5) is 0. The zero-order chi connectivity index (χ0) is 14.6. The summed E-state index contributed by atoms with van der Waals surface area (Å²) in [5, 5.41) is 0. The van der Waals surface area contributed by atoms with E-state index in [2.05, 4.69) is 21.1 Å². The van der Waals surface area contributed by atoms with Crippen molar-refractivity contribution < 1.29 is 30.6 Å². The highest BCUT2D eigenvalue weighted by Crippen LogP contribution is 2.23. The van der Waals surface area contributed by atoms with E-state index in [9.17, 15) is 13.2 Å². The van der Waals surface area contributed by atoms with E-state index in [4.69, 9.17) is 13.0 Å². The first-order valence-electron chi connectivity index (χ1n) is 5.70. The zero-order valence-electron chi connectivity index (χ0n) is 10.9. The van der Waals surface area contributed by atoms with E-state index >= 15 is 0 Å². The molecular formula is C10H21F3NO3S+. The number of quaternary nitrogens is 1. The topological polar surface area (TPSA) is 54.4 Å². The molecule has 0 heterocycles. The number of hydrogen-bond donors (Lipinski definition) is 1. The van der Waals surface area contributed by atoms with E-state index in [0.717, 1.165) is 6.04 Å². The molecule has 0 atom stereocenters. The molecule has 1 rings (SSSR count). The highest BCUT2D eigenvalue weighted by molar-refractivity contribution is 7.86. The van der Waals surface area contributed by atoms with Crippen LogP contribution in [0.25, 0.3) is 0 Å². The van der Waals surface area contributed by atoms with Crippen molar-refractivity contribution in [1.29, 1.82) is 0 Å². The standard InChI is InChI=1S/C9H20N.CHF3O3S/c1-10(2,3)9-7-5-4-6-8-9;2-1(3,4)8(5,6)7/h9H,4-8H2,1-3H3;(H,5,6,7)/q+1;. The lowest BCUT2D eigenvalue weighted by molar-refractivity contribution is -0.897. The summed E-state index contributed by atoms with van der Waals surface area (Å²) in [7, 11) is 1.11. The summed E-state index contributed by atoms with van der Waals surface area (Å²) in [6, 6.07) is 0.939.